The molecular formula is C25H51NO6Si. The minimum atomic E-state index is -1.74. The van der Waals surface area contributed by atoms with Crippen LogP contribution >= 0.6 is 0 Å². The highest BCUT2D eigenvalue weighted by Crippen LogP contribution is 2.30. The van der Waals surface area contributed by atoms with Gasteiger partial charge < -0.3 is 24.3 Å². The minimum absolute atomic E-state index is 0. The first-order valence-electron chi connectivity index (χ1n) is 12.1. The molecule has 0 amide bonds. The van der Waals surface area contributed by atoms with E-state index in [1.165, 1.54) is 0 Å². The van der Waals surface area contributed by atoms with E-state index < -0.39 is 26.2 Å². The molecule has 0 bridgehead atoms. The van der Waals surface area contributed by atoms with Crippen LogP contribution in [-0.4, -0.2) is 61.9 Å². The number of carboxylic acids is 1. The van der Waals surface area contributed by atoms with Crippen molar-refractivity contribution in [1.82, 2.24) is 5.32 Å². The number of nitrogens with one attached hydrogen (secondary N) is 1. The zero-order valence-corrected chi connectivity index (χ0v) is 22.6. The molecule has 8 heteroatoms. The van der Waals surface area contributed by atoms with Crippen LogP contribution < -0.4 is 5.32 Å². The van der Waals surface area contributed by atoms with E-state index in [0.29, 0.717) is 13.0 Å². The summed E-state index contributed by atoms with van der Waals surface area (Å²) in [6.07, 6.45) is 5.70. The van der Waals surface area contributed by atoms with Gasteiger partial charge in [0.15, 0.2) is 14.2 Å². The number of ether oxygens (including phenoxy) is 2. The molecule has 33 heavy (non-hydrogen) atoms. The van der Waals surface area contributed by atoms with Crippen molar-refractivity contribution in [2.45, 2.75) is 130 Å². The number of rotatable bonds is 14. The summed E-state index contributed by atoms with van der Waals surface area (Å²) in [5.74, 6) is -2.87. The number of esters is 1. The predicted octanol–water partition coefficient (Wildman–Crippen LogP) is 5.38. The molecule has 0 aromatic carbocycles. The van der Waals surface area contributed by atoms with Gasteiger partial charge >= 0.3 is 11.9 Å². The third-order valence-electron chi connectivity index (χ3n) is 5.59. The Kier molecular flexibility index (Phi) is 13.4. The first-order chi connectivity index (χ1) is 14.6. The van der Waals surface area contributed by atoms with Crippen molar-refractivity contribution in [2.24, 2.45) is 5.92 Å². The molecule has 1 rings (SSSR count). The topological polar surface area (TPSA) is 94.1 Å². The third kappa shape index (κ3) is 13.5. The van der Waals surface area contributed by atoms with E-state index in [4.69, 9.17) is 13.9 Å². The highest BCUT2D eigenvalue weighted by molar-refractivity contribution is 6.69. The van der Waals surface area contributed by atoms with E-state index >= 15 is 0 Å². The molecule has 1 fully saturated rings. The van der Waals surface area contributed by atoms with Crippen molar-refractivity contribution in [3.05, 3.63) is 0 Å². The maximum atomic E-state index is 11.9. The van der Waals surface area contributed by atoms with Gasteiger partial charge in [-0.25, -0.2) is 0 Å². The second kappa shape index (κ2) is 13.8. The summed E-state index contributed by atoms with van der Waals surface area (Å²) in [5.41, 5.74) is 0.130. The minimum Gasteiger partial charge on any atom is -0.481 e. The average molecular weight is 490 g/mol. The molecule has 2 unspecified atom stereocenters. The SMILES string of the molecule is C.CCOC(=O)C(CCCC(CCCOC1CC(C)(C)NC(C)(C)C1)O[Si](C)(C)C)C(=O)O. The summed E-state index contributed by atoms with van der Waals surface area (Å²) in [4.78, 5) is 23.3. The number of carbonyl (C=O) groups is 2. The van der Waals surface area contributed by atoms with Crippen LogP contribution in [0.2, 0.25) is 19.6 Å². The van der Waals surface area contributed by atoms with Gasteiger partial charge in [-0.3, -0.25) is 9.59 Å². The first kappa shape index (κ1) is 32.0. The molecule has 0 aromatic heterocycles. The van der Waals surface area contributed by atoms with Crippen molar-refractivity contribution in [2.75, 3.05) is 13.2 Å². The first-order valence-corrected chi connectivity index (χ1v) is 15.5. The second-order valence-corrected chi connectivity index (χ2v) is 15.8. The van der Waals surface area contributed by atoms with Gasteiger partial charge in [-0.1, -0.05) is 7.43 Å². The molecular weight excluding hydrogens is 438 g/mol. The smallest absolute Gasteiger partial charge is 0.320 e. The van der Waals surface area contributed by atoms with Gasteiger partial charge in [0.2, 0.25) is 0 Å². The van der Waals surface area contributed by atoms with E-state index in [-0.39, 0.29) is 43.7 Å². The molecule has 0 aromatic rings. The Balaban J connectivity index is 0.0000102. The normalized spacial score (nSPS) is 19.9. The Hall–Kier alpha value is -0.963. The van der Waals surface area contributed by atoms with Crippen LogP contribution in [0.1, 0.15) is 87.0 Å². The van der Waals surface area contributed by atoms with Crippen LogP contribution in [-0.2, 0) is 23.5 Å². The van der Waals surface area contributed by atoms with Crippen LogP contribution in [0.25, 0.3) is 0 Å². The molecule has 1 heterocycles. The van der Waals surface area contributed by atoms with E-state index in [9.17, 15) is 14.7 Å². The van der Waals surface area contributed by atoms with Crippen molar-refractivity contribution in [3.63, 3.8) is 0 Å². The van der Waals surface area contributed by atoms with Crippen LogP contribution in [0.5, 0.6) is 0 Å². The molecule has 1 aliphatic rings. The highest BCUT2D eigenvalue weighted by atomic mass is 28.4. The van der Waals surface area contributed by atoms with Gasteiger partial charge in [-0.2, -0.15) is 0 Å². The summed E-state index contributed by atoms with van der Waals surface area (Å²) >= 11 is 0. The summed E-state index contributed by atoms with van der Waals surface area (Å²) < 4.78 is 17.5. The van der Waals surface area contributed by atoms with E-state index in [2.05, 4.69) is 52.7 Å². The zero-order chi connectivity index (χ0) is 24.6. The highest BCUT2D eigenvalue weighted by Gasteiger charge is 2.38. The fraction of sp³-hybridized carbons (Fsp3) is 0.920. The molecule has 0 aliphatic carbocycles. The molecule has 2 atom stereocenters. The number of hydrogen-bond acceptors (Lipinski definition) is 6. The maximum Gasteiger partial charge on any atom is 0.320 e. The second-order valence-electron chi connectivity index (χ2n) is 11.4. The van der Waals surface area contributed by atoms with E-state index in [1.54, 1.807) is 6.92 Å². The van der Waals surface area contributed by atoms with Gasteiger partial charge in [-0.15, -0.1) is 0 Å². The molecule has 0 spiro atoms. The Bertz CT molecular complexity index is 586. The van der Waals surface area contributed by atoms with Crippen molar-refractivity contribution >= 4 is 20.3 Å². The fourth-order valence-electron chi connectivity index (χ4n) is 4.80. The van der Waals surface area contributed by atoms with Crippen molar-refractivity contribution in [1.29, 1.82) is 0 Å². The number of carbonyl (C=O) groups excluding carboxylic acids is 1. The summed E-state index contributed by atoms with van der Waals surface area (Å²) in [5, 5.41) is 13.0. The van der Waals surface area contributed by atoms with Gasteiger partial charge in [0, 0.05) is 23.8 Å². The third-order valence-corrected chi connectivity index (χ3v) is 6.63. The monoisotopic (exact) mass is 489 g/mol. The molecule has 1 saturated heterocycles. The lowest BCUT2D eigenvalue weighted by atomic mass is 9.81. The molecule has 196 valence electrons. The lowest BCUT2D eigenvalue weighted by Gasteiger charge is -2.46. The fourth-order valence-corrected chi connectivity index (χ4v) is 6.04. The van der Waals surface area contributed by atoms with E-state index in [1.807, 2.05) is 0 Å². The van der Waals surface area contributed by atoms with Crippen LogP contribution in [0.3, 0.4) is 0 Å². The van der Waals surface area contributed by atoms with Crippen LogP contribution in [0.15, 0.2) is 0 Å². The van der Waals surface area contributed by atoms with Crippen LogP contribution in [0.4, 0.5) is 0 Å². The summed E-state index contributed by atoms with van der Waals surface area (Å²) in [7, 11) is -1.74. The number of piperidine rings is 1. The molecule has 0 saturated carbocycles. The maximum absolute atomic E-state index is 11.9. The quantitative estimate of drug-likeness (QED) is 0.146. The largest absolute Gasteiger partial charge is 0.481 e. The molecule has 2 N–H and O–H groups in total. The van der Waals surface area contributed by atoms with Crippen LogP contribution in [0, 0.1) is 5.92 Å². The molecule has 7 nitrogen and oxygen atoms in total. The number of carboxylic acid groups (broad SMARTS) is 1. The van der Waals surface area contributed by atoms with E-state index in [0.717, 1.165) is 32.1 Å². The van der Waals surface area contributed by atoms with Gasteiger partial charge in [0.05, 0.1) is 12.7 Å². The average Bonchev–Trinajstić information content (AvgIpc) is 2.58. The standard InChI is InChI=1S/C24H47NO6Si.CH4/c1-9-29-22(28)20(21(26)27)14-10-12-18(31-32(6,7)8)13-11-15-30-19-16-23(2,3)25-24(4,5)17-19;/h18-20,25H,9-17H2,1-8H3,(H,26,27);1H4. The summed E-state index contributed by atoms with van der Waals surface area (Å²) in [6.45, 7) is 18.0. The Labute approximate surface area is 203 Å². The Morgan fingerprint density at radius 3 is 2.06 bits per heavy atom. The lowest BCUT2D eigenvalue weighted by Crippen LogP contribution is -2.59. The van der Waals surface area contributed by atoms with Gasteiger partial charge in [-0.05, 0) is 99.2 Å². The van der Waals surface area contributed by atoms with Crippen molar-refractivity contribution < 1.29 is 28.6 Å². The van der Waals surface area contributed by atoms with Crippen molar-refractivity contribution in [3.8, 4) is 0 Å². The zero-order valence-electron chi connectivity index (χ0n) is 21.6. The predicted molar refractivity (Wildman–Crippen MR) is 136 cm³/mol. The lowest BCUT2D eigenvalue weighted by molar-refractivity contribution is -0.158. The molecule has 1 aliphatic heterocycles. The Morgan fingerprint density at radius 2 is 1.58 bits per heavy atom. The number of aliphatic carboxylic acids is 1. The van der Waals surface area contributed by atoms with Gasteiger partial charge in [0.1, 0.15) is 0 Å². The van der Waals surface area contributed by atoms with Gasteiger partial charge in [0.25, 0.3) is 0 Å². The summed E-state index contributed by atoms with van der Waals surface area (Å²) in [6, 6.07) is 0. The Morgan fingerprint density at radius 1 is 1.03 bits per heavy atom. The number of hydrogen-bond donors (Lipinski definition) is 2. The molecule has 0 radical (unpaired) electrons.